The zero-order valence-electron chi connectivity index (χ0n) is 12.8. The molecule has 1 aliphatic rings. The lowest BCUT2D eigenvalue weighted by Crippen LogP contribution is -2.26. The van der Waals surface area contributed by atoms with E-state index in [1.54, 1.807) is 18.2 Å². The molecule has 2 atom stereocenters. The molecular formula is C17H13Cl2F3N2O. The average Bonchev–Trinajstić information content (AvgIpc) is 2.47. The SMILES string of the molecule is NC(=O)c1ccc([C@H]2CC[C@@H]2c2ccc(Cl)cc2Cl)nc1C(F)(F)F. The predicted octanol–water partition coefficient (Wildman–Crippen LogP) is 5.17. The summed E-state index contributed by atoms with van der Waals surface area (Å²) in [7, 11) is 0. The van der Waals surface area contributed by atoms with Gasteiger partial charge in [-0.1, -0.05) is 29.3 Å². The number of carbonyl (C=O) groups excluding carboxylic acids is 1. The lowest BCUT2D eigenvalue weighted by Gasteiger charge is -2.37. The van der Waals surface area contributed by atoms with Gasteiger partial charge >= 0.3 is 6.18 Å². The monoisotopic (exact) mass is 388 g/mol. The van der Waals surface area contributed by atoms with Crippen LogP contribution in [0.1, 0.15) is 52.0 Å². The number of carbonyl (C=O) groups is 1. The molecule has 0 spiro atoms. The van der Waals surface area contributed by atoms with Gasteiger partial charge in [0.25, 0.3) is 5.91 Å². The number of benzene rings is 1. The third-order valence-electron chi connectivity index (χ3n) is 4.47. The van der Waals surface area contributed by atoms with E-state index in [9.17, 15) is 18.0 Å². The Morgan fingerprint density at radius 1 is 1.12 bits per heavy atom. The molecule has 0 aliphatic heterocycles. The minimum atomic E-state index is -4.75. The summed E-state index contributed by atoms with van der Waals surface area (Å²) in [6.07, 6.45) is -3.28. The van der Waals surface area contributed by atoms with Gasteiger partial charge in [-0.05, 0) is 48.6 Å². The Balaban J connectivity index is 1.98. The van der Waals surface area contributed by atoms with Crippen molar-refractivity contribution < 1.29 is 18.0 Å². The third-order valence-corrected chi connectivity index (χ3v) is 5.03. The van der Waals surface area contributed by atoms with Gasteiger partial charge in [-0.15, -0.1) is 0 Å². The van der Waals surface area contributed by atoms with E-state index in [0.717, 1.165) is 18.1 Å². The van der Waals surface area contributed by atoms with Crippen LogP contribution in [0.4, 0.5) is 13.2 Å². The van der Waals surface area contributed by atoms with Gasteiger partial charge in [0, 0.05) is 21.7 Å². The van der Waals surface area contributed by atoms with E-state index in [4.69, 9.17) is 28.9 Å². The van der Waals surface area contributed by atoms with Crippen molar-refractivity contribution in [3.05, 3.63) is 62.9 Å². The number of pyridine rings is 1. The van der Waals surface area contributed by atoms with Crippen molar-refractivity contribution in [3.8, 4) is 0 Å². The van der Waals surface area contributed by atoms with E-state index in [2.05, 4.69) is 4.98 Å². The van der Waals surface area contributed by atoms with Gasteiger partial charge in [-0.2, -0.15) is 13.2 Å². The Morgan fingerprint density at radius 2 is 1.80 bits per heavy atom. The van der Waals surface area contributed by atoms with Crippen molar-refractivity contribution >= 4 is 29.1 Å². The van der Waals surface area contributed by atoms with E-state index in [1.807, 2.05) is 0 Å². The van der Waals surface area contributed by atoms with E-state index in [1.165, 1.54) is 6.07 Å². The molecule has 3 nitrogen and oxygen atoms in total. The second-order valence-corrected chi connectivity index (χ2v) is 6.79. The highest BCUT2D eigenvalue weighted by Gasteiger charge is 2.40. The standard InChI is InChI=1S/C17H13Cl2F3N2O/c18-8-1-2-10(13(19)7-8)9-3-4-11(9)14-6-5-12(16(23)25)15(24-14)17(20,21)22/h1-2,5-7,9,11H,3-4H2,(H2,23,25)/t9-,11+/m1/s1. The molecule has 2 aromatic rings. The summed E-state index contributed by atoms with van der Waals surface area (Å²) in [5.74, 6) is -1.41. The number of aromatic nitrogens is 1. The molecule has 0 saturated heterocycles. The minimum absolute atomic E-state index is 0.0437. The maximum absolute atomic E-state index is 13.2. The molecule has 0 unspecified atom stereocenters. The molecule has 3 rings (SSSR count). The number of nitrogens with zero attached hydrogens (tertiary/aromatic N) is 1. The molecule has 2 N–H and O–H groups in total. The van der Waals surface area contributed by atoms with Crippen molar-refractivity contribution in [2.45, 2.75) is 30.9 Å². The van der Waals surface area contributed by atoms with Gasteiger partial charge in [-0.25, -0.2) is 4.98 Å². The summed E-state index contributed by atoms with van der Waals surface area (Å²) < 4.78 is 39.6. The molecule has 1 amide bonds. The van der Waals surface area contributed by atoms with E-state index in [0.29, 0.717) is 16.5 Å². The number of nitrogens with two attached hydrogens (primary N) is 1. The molecule has 0 radical (unpaired) electrons. The number of hydrogen-bond donors (Lipinski definition) is 1. The van der Waals surface area contributed by atoms with Gasteiger partial charge in [0.15, 0.2) is 5.69 Å². The number of hydrogen-bond acceptors (Lipinski definition) is 2. The van der Waals surface area contributed by atoms with Gasteiger partial charge in [-0.3, -0.25) is 4.79 Å². The number of alkyl halides is 3. The first kappa shape index (κ1) is 18.0. The second-order valence-electron chi connectivity index (χ2n) is 5.95. The van der Waals surface area contributed by atoms with E-state index in [-0.39, 0.29) is 17.5 Å². The maximum Gasteiger partial charge on any atom is 0.434 e. The fourth-order valence-electron chi connectivity index (χ4n) is 3.12. The normalized spacial score (nSPS) is 20.2. The van der Waals surface area contributed by atoms with Crippen LogP contribution < -0.4 is 5.73 Å². The lowest BCUT2D eigenvalue weighted by atomic mass is 9.68. The average molecular weight is 389 g/mol. The topological polar surface area (TPSA) is 56.0 Å². The predicted molar refractivity (Wildman–Crippen MR) is 88.9 cm³/mol. The third kappa shape index (κ3) is 3.46. The van der Waals surface area contributed by atoms with E-state index < -0.39 is 23.3 Å². The van der Waals surface area contributed by atoms with Gasteiger partial charge in [0.1, 0.15) is 0 Å². The molecule has 1 aromatic carbocycles. The summed E-state index contributed by atoms with van der Waals surface area (Å²) >= 11 is 12.1. The Kier molecular flexibility index (Phi) is 4.68. The Labute approximate surface area is 151 Å². The molecule has 0 bridgehead atoms. The Hall–Kier alpha value is -1.79. The molecule has 1 heterocycles. The van der Waals surface area contributed by atoms with Crippen molar-refractivity contribution in [1.29, 1.82) is 0 Å². The molecule has 1 saturated carbocycles. The van der Waals surface area contributed by atoms with Gasteiger partial charge < -0.3 is 5.73 Å². The molecule has 25 heavy (non-hydrogen) atoms. The first-order valence-electron chi connectivity index (χ1n) is 7.51. The zero-order valence-corrected chi connectivity index (χ0v) is 14.3. The zero-order chi connectivity index (χ0) is 18.4. The van der Waals surface area contributed by atoms with Crippen LogP contribution in [0.3, 0.4) is 0 Å². The first-order chi connectivity index (χ1) is 11.7. The van der Waals surface area contributed by atoms with Crippen LogP contribution in [0.15, 0.2) is 30.3 Å². The van der Waals surface area contributed by atoms with Crippen LogP contribution in [0.2, 0.25) is 10.0 Å². The van der Waals surface area contributed by atoms with Crippen LogP contribution in [-0.4, -0.2) is 10.9 Å². The van der Waals surface area contributed by atoms with Crippen molar-refractivity contribution in [1.82, 2.24) is 4.98 Å². The van der Waals surface area contributed by atoms with Gasteiger partial charge in [0.05, 0.1) is 5.56 Å². The molecule has 1 aromatic heterocycles. The Morgan fingerprint density at radius 3 is 2.32 bits per heavy atom. The van der Waals surface area contributed by atoms with Crippen LogP contribution in [0.5, 0.6) is 0 Å². The number of rotatable bonds is 3. The van der Waals surface area contributed by atoms with E-state index >= 15 is 0 Å². The van der Waals surface area contributed by atoms with Crippen molar-refractivity contribution in [2.24, 2.45) is 5.73 Å². The number of amides is 1. The molecule has 132 valence electrons. The second kappa shape index (κ2) is 6.50. The molecule has 1 aliphatic carbocycles. The Bertz CT molecular complexity index is 839. The summed E-state index contributed by atoms with van der Waals surface area (Å²) in [5, 5.41) is 0.972. The van der Waals surface area contributed by atoms with Crippen LogP contribution >= 0.6 is 23.2 Å². The van der Waals surface area contributed by atoms with Crippen LogP contribution in [0, 0.1) is 0 Å². The highest BCUT2D eigenvalue weighted by molar-refractivity contribution is 6.35. The maximum atomic E-state index is 13.2. The summed E-state index contributed by atoms with van der Waals surface area (Å²) in [6, 6.07) is 7.60. The quantitative estimate of drug-likeness (QED) is 0.788. The number of primary amides is 1. The highest BCUT2D eigenvalue weighted by Crippen LogP contribution is 2.50. The van der Waals surface area contributed by atoms with Crippen molar-refractivity contribution in [3.63, 3.8) is 0 Å². The summed E-state index contributed by atoms with van der Waals surface area (Å²) in [4.78, 5) is 15.0. The smallest absolute Gasteiger partial charge is 0.366 e. The number of halogens is 5. The fraction of sp³-hybridized carbons (Fsp3) is 0.294. The highest BCUT2D eigenvalue weighted by atomic mass is 35.5. The molecule has 8 heteroatoms. The van der Waals surface area contributed by atoms with Crippen molar-refractivity contribution in [2.75, 3.05) is 0 Å². The largest absolute Gasteiger partial charge is 0.434 e. The van der Waals surface area contributed by atoms with Crippen LogP contribution in [-0.2, 0) is 6.18 Å². The summed E-state index contributed by atoms with van der Waals surface area (Å²) in [6.45, 7) is 0. The fourth-order valence-corrected chi connectivity index (χ4v) is 3.67. The molecular weight excluding hydrogens is 376 g/mol. The first-order valence-corrected chi connectivity index (χ1v) is 8.27. The van der Waals surface area contributed by atoms with Crippen LogP contribution in [0.25, 0.3) is 0 Å². The lowest BCUT2D eigenvalue weighted by molar-refractivity contribution is -0.141. The minimum Gasteiger partial charge on any atom is -0.366 e. The summed E-state index contributed by atoms with van der Waals surface area (Å²) in [5.41, 5.74) is 4.26. The molecule has 1 fully saturated rings. The van der Waals surface area contributed by atoms with Gasteiger partial charge in [0.2, 0.25) is 0 Å².